The number of amides is 2. The van der Waals surface area contributed by atoms with Gasteiger partial charge in [-0.25, -0.2) is 9.18 Å². The zero-order valence-corrected chi connectivity index (χ0v) is 13.7. The van der Waals surface area contributed by atoms with E-state index < -0.39 is 5.82 Å². The van der Waals surface area contributed by atoms with Crippen LogP contribution in [0.4, 0.5) is 15.0 Å². The van der Waals surface area contributed by atoms with E-state index in [0.717, 1.165) is 0 Å². The molecule has 0 aliphatic rings. The Labute approximate surface area is 138 Å². The van der Waals surface area contributed by atoms with Crippen molar-refractivity contribution in [3.63, 3.8) is 0 Å². The van der Waals surface area contributed by atoms with Crippen LogP contribution in [0.1, 0.15) is 5.56 Å². The van der Waals surface area contributed by atoms with Crippen LogP contribution >= 0.6 is 11.6 Å². The lowest BCUT2D eigenvalue weighted by Gasteiger charge is -2.18. The van der Waals surface area contributed by atoms with Gasteiger partial charge in [0.15, 0.2) is 5.82 Å². The molecule has 124 valence electrons. The molecule has 8 heteroatoms. The van der Waals surface area contributed by atoms with Gasteiger partial charge >= 0.3 is 6.03 Å². The highest BCUT2D eigenvalue weighted by Gasteiger charge is 2.13. The highest BCUT2D eigenvalue weighted by molar-refractivity contribution is 6.31. The van der Waals surface area contributed by atoms with Crippen LogP contribution in [0.2, 0.25) is 5.02 Å². The van der Waals surface area contributed by atoms with Crippen LogP contribution in [-0.4, -0.2) is 41.5 Å². The van der Waals surface area contributed by atoms with Crippen LogP contribution in [0, 0.1) is 5.82 Å². The van der Waals surface area contributed by atoms with Crippen molar-refractivity contribution < 1.29 is 13.9 Å². The van der Waals surface area contributed by atoms with Gasteiger partial charge in [0.05, 0.1) is 13.2 Å². The van der Waals surface area contributed by atoms with E-state index >= 15 is 0 Å². The maximum atomic E-state index is 13.0. The Morgan fingerprint density at radius 3 is 2.96 bits per heavy atom. The third-order valence-corrected chi connectivity index (χ3v) is 3.52. The first-order chi connectivity index (χ1) is 11.0. The third-order valence-electron chi connectivity index (χ3n) is 3.17. The van der Waals surface area contributed by atoms with Gasteiger partial charge in [-0.2, -0.15) is 5.10 Å². The summed E-state index contributed by atoms with van der Waals surface area (Å²) in [6.45, 7) is 1.40. The summed E-state index contributed by atoms with van der Waals surface area (Å²) >= 11 is 5.96. The average molecular weight is 341 g/mol. The van der Waals surface area contributed by atoms with E-state index in [4.69, 9.17) is 16.3 Å². The molecule has 2 aromatic rings. The number of halogens is 2. The molecule has 0 saturated heterocycles. The van der Waals surface area contributed by atoms with Crippen LogP contribution in [0.5, 0.6) is 0 Å². The van der Waals surface area contributed by atoms with E-state index in [9.17, 15) is 9.18 Å². The van der Waals surface area contributed by atoms with Gasteiger partial charge in [0.25, 0.3) is 0 Å². The van der Waals surface area contributed by atoms with Crippen LogP contribution in [-0.2, 0) is 17.8 Å². The normalized spacial score (nSPS) is 10.6. The summed E-state index contributed by atoms with van der Waals surface area (Å²) in [5, 5.41) is 7.18. The fourth-order valence-corrected chi connectivity index (χ4v) is 2.15. The van der Waals surface area contributed by atoms with E-state index in [1.54, 1.807) is 37.2 Å². The molecule has 1 heterocycles. The van der Waals surface area contributed by atoms with Crippen molar-refractivity contribution in [3.05, 3.63) is 46.9 Å². The second-order valence-electron chi connectivity index (χ2n) is 4.98. The first-order valence-corrected chi connectivity index (χ1v) is 7.36. The lowest BCUT2D eigenvalue weighted by Crippen LogP contribution is -2.31. The lowest BCUT2D eigenvalue weighted by molar-refractivity contribution is 0.183. The maximum Gasteiger partial charge on any atom is 0.323 e. The minimum Gasteiger partial charge on any atom is -0.383 e. The number of rotatable bonds is 6. The second-order valence-corrected chi connectivity index (χ2v) is 5.39. The van der Waals surface area contributed by atoms with Crippen LogP contribution in [0.3, 0.4) is 0 Å². The summed E-state index contributed by atoms with van der Waals surface area (Å²) in [6, 6.07) is 5.46. The molecule has 2 amide bonds. The average Bonchev–Trinajstić information content (AvgIpc) is 2.95. The van der Waals surface area contributed by atoms with Gasteiger partial charge in [-0.05, 0) is 17.7 Å². The molecule has 0 radical (unpaired) electrons. The molecule has 0 atom stereocenters. The molecule has 1 aromatic heterocycles. The first kappa shape index (κ1) is 17.2. The van der Waals surface area contributed by atoms with Crippen molar-refractivity contribution >= 4 is 23.4 Å². The lowest BCUT2D eigenvalue weighted by atomic mass is 10.2. The number of ether oxygens (including phenoxy) is 1. The highest BCUT2D eigenvalue weighted by atomic mass is 35.5. The predicted molar refractivity (Wildman–Crippen MR) is 86.0 cm³/mol. The number of methoxy groups -OCH3 is 1. The fourth-order valence-electron chi connectivity index (χ4n) is 1.92. The number of nitrogens with zero attached hydrogens (tertiary/aromatic N) is 3. The SMILES string of the molecule is COCCn1ccc(NC(=O)N(C)Cc2ccc(F)cc2Cl)n1. The van der Waals surface area contributed by atoms with Crippen molar-refractivity contribution in [1.82, 2.24) is 14.7 Å². The zero-order chi connectivity index (χ0) is 16.8. The molecule has 0 saturated carbocycles. The quantitative estimate of drug-likeness (QED) is 0.879. The van der Waals surface area contributed by atoms with Gasteiger partial charge < -0.3 is 9.64 Å². The first-order valence-electron chi connectivity index (χ1n) is 6.98. The molecular weight excluding hydrogens is 323 g/mol. The summed E-state index contributed by atoms with van der Waals surface area (Å²) in [6.07, 6.45) is 1.76. The Hall–Kier alpha value is -2.12. The van der Waals surface area contributed by atoms with Crippen molar-refractivity contribution in [2.75, 3.05) is 26.1 Å². The Bertz CT molecular complexity index is 677. The monoisotopic (exact) mass is 340 g/mol. The number of hydrogen-bond donors (Lipinski definition) is 1. The van der Waals surface area contributed by atoms with Crippen LogP contribution < -0.4 is 5.32 Å². The molecular formula is C15H18ClFN4O2. The van der Waals surface area contributed by atoms with Gasteiger partial charge in [-0.1, -0.05) is 17.7 Å². The van der Waals surface area contributed by atoms with Crippen molar-refractivity contribution in [2.24, 2.45) is 0 Å². The Morgan fingerprint density at radius 1 is 1.48 bits per heavy atom. The number of benzene rings is 1. The molecule has 23 heavy (non-hydrogen) atoms. The van der Waals surface area contributed by atoms with Crippen molar-refractivity contribution in [1.29, 1.82) is 0 Å². The molecule has 0 bridgehead atoms. The summed E-state index contributed by atoms with van der Waals surface area (Å²) in [4.78, 5) is 13.6. The van der Waals surface area contributed by atoms with Crippen LogP contribution in [0.25, 0.3) is 0 Å². The molecule has 6 nitrogen and oxygen atoms in total. The molecule has 1 N–H and O–H groups in total. The topological polar surface area (TPSA) is 59.4 Å². The Balaban J connectivity index is 1.93. The van der Waals surface area contributed by atoms with Gasteiger partial charge in [0.1, 0.15) is 5.82 Å². The summed E-state index contributed by atoms with van der Waals surface area (Å²) < 4.78 is 19.7. The zero-order valence-electron chi connectivity index (χ0n) is 12.9. The Morgan fingerprint density at radius 2 is 2.26 bits per heavy atom. The largest absolute Gasteiger partial charge is 0.383 e. The van der Waals surface area contributed by atoms with E-state index in [1.165, 1.54) is 17.0 Å². The molecule has 0 spiro atoms. The summed E-state index contributed by atoms with van der Waals surface area (Å²) in [5.74, 6) is 0.0376. The number of hydrogen-bond acceptors (Lipinski definition) is 3. The highest BCUT2D eigenvalue weighted by Crippen LogP contribution is 2.19. The van der Waals surface area contributed by atoms with Crippen molar-refractivity contribution in [2.45, 2.75) is 13.1 Å². The molecule has 0 fully saturated rings. The van der Waals surface area contributed by atoms with E-state index in [1.807, 2.05) is 0 Å². The summed E-state index contributed by atoms with van der Waals surface area (Å²) in [5.41, 5.74) is 0.663. The Kier molecular flexibility index (Phi) is 5.95. The van der Waals surface area contributed by atoms with E-state index in [-0.39, 0.29) is 17.6 Å². The second kappa shape index (κ2) is 7.94. The number of carbonyl (C=O) groups excluding carboxylic acids is 1. The molecule has 1 aromatic carbocycles. The maximum absolute atomic E-state index is 13.0. The number of anilines is 1. The van der Waals surface area contributed by atoms with Gasteiger partial charge in [0.2, 0.25) is 0 Å². The third kappa shape index (κ3) is 4.94. The standard InChI is InChI=1S/C15H18ClFN4O2/c1-20(10-11-3-4-12(17)9-13(11)16)15(22)18-14-5-6-21(19-14)7-8-23-2/h3-6,9H,7-8,10H2,1-2H3,(H,18,19,22). The summed E-state index contributed by atoms with van der Waals surface area (Å²) in [7, 11) is 3.23. The molecule has 0 aliphatic carbocycles. The smallest absolute Gasteiger partial charge is 0.323 e. The van der Waals surface area contributed by atoms with E-state index in [0.29, 0.717) is 24.5 Å². The van der Waals surface area contributed by atoms with Crippen LogP contribution in [0.15, 0.2) is 30.5 Å². The predicted octanol–water partition coefficient (Wildman–Crippen LogP) is 2.99. The molecule has 0 aliphatic heterocycles. The van der Waals surface area contributed by atoms with E-state index in [2.05, 4.69) is 10.4 Å². The van der Waals surface area contributed by atoms with Gasteiger partial charge in [0, 0.05) is 38.0 Å². The van der Waals surface area contributed by atoms with Gasteiger partial charge in [-0.3, -0.25) is 10.00 Å². The van der Waals surface area contributed by atoms with Crippen molar-refractivity contribution in [3.8, 4) is 0 Å². The number of carbonyl (C=O) groups is 1. The minimum atomic E-state index is -0.410. The molecule has 0 unspecified atom stereocenters. The number of nitrogens with one attached hydrogen (secondary N) is 1. The number of urea groups is 1. The number of aromatic nitrogens is 2. The fraction of sp³-hybridized carbons (Fsp3) is 0.333. The molecule has 2 rings (SSSR count). The minimum absolute atomic E-state index is 0.259. The van der Waals surface area contributed by atoms with Gasteiger partial charge in [-0.15, -0.1) is 0 Å².